The number of benzene rings is 1. The van der Waals surface area contributed by atoms with Crippen molar-refractivity contribution in [2.75, 3.05) is 44.0 Å². The third-order valence-corrected chi connectivity index (χ3v) is 6.60. The van der Waals surface area contributed by atoms with Crippen molar-refractivity contribution in [3.05, 3.63) is 54.6 Å². The van der Waals surface area contributed by atoms with Crippen molar-refractivity contribution in [1.29, 1.82) is 0 Å². The van der Waals surface area contributed by atoms with Gasteiger partial charge in [0.05, 0.1) is 36.7 Å². The largest absolute Gasteiger partial charge is 0.496 e. The normalized spacial score (nSPS) is 18.7. The first-order valence-electron chi connectivity index (χ1n) is 12.0. The van der Waals surface area contributed by atoms with Gasteiger partial charge in [0.2, 0.25) is 5.88 Å². The average molecular weight is 488 g/mol. The number of rotatable bonds is 5. The van der Waals surface area contributed by atoms with E-state index in [9.17, 15) is 0 Å². The smallest absolute Gasteiger partial charge is 0.237 e. The molecule has 0 aliphatic carbocycles. The summed E-state index contributed by atoms with van der Waals surface area (Å²) in [4.78, 5) is 13.9. The number of aromatic nitrogens is 4. The molecule has 1 fully saturated rings. The van der Waals surface area contributed by atoms with Gasteiger partial charge in [-0.2, -0.15) is 0 Å². The van der Waals surface area contributed by atoms with E-state index in [1.165, 1.54) is 0 Å². The highest BCUT2D eigenvalue weighted by Gasteiger charge is 2.36. The Bertz CT molecular complexity index is 1420. The summed E-state index contributed by atoms with van der Waals surface area (Å²) in [6.07, 6.45) is 7.38. The van der Waals surface area contributed by atoms with E-state index < -0.39 is 0 Å². The molecule has 2 aliphatic rings. The van der Waals surface area contributed by atoms with Crippen LogP contribution in [-0.2, 0) is 4.74 Å². The monoisotopic (exact) mass is 487 g/mol. The molecule has 3 N–H and O–H groups in total. The Balaban J connectivity index is 1.35. The molecule has 1 unspecified atom stereocenters. The zero-order valence-corrected chi connectivity index (χ0v) is 20.5. The van der Waals surface area contributed by atoms with Crippen LogP contribution in [-0.4, -0.2) is 58.4 Å². The highest BCUT2D eigenvalue weighted by Crippen LogP contribution is 2.38. The Morgan fingerprint density at radius 1 is 1.17 bits per heavy atom. The third-order valence-electron chi connectivity index (χ3n) is 6.60. The second-order valence-electron chi connectivity index (χ2n) is 9.41. The summed E-state index contributed by atoms with van der Waals surface area (Å²) in [5, 5.41) is 10.3. The summed E-state index contributed by atoms with van der Waals surface area (Å²) in [6, 6.07) is 8.11. The van der Waals surface area contributed by atoms with Crippen LogP contribution in [0.15, 0.2) is 49.1 Å². The standard InChI is InChI=1S/C26H29N7O3/c1-26(2)22(28-8-11-36-26)18-5-4-17(13-21(18)34-3)31-23-24-29-6-9-33(24)15-20(32-23)16-12-19-25(30-14-16)35-10-7-27-19/h4-6,9,12-15,22,27-28H,7-8,10-11H2,1-3H3,(H,31,32). The first-order valence-corrected chi connectivity index (χ1v) is 12.0. The van der Waals surface area contributed by atoms with Crippen molar-refractivity contribution in [2.45, 2.75) is 25.5 Å². The number of nitrogens with one attached hydrogen (secondary N) is 3. The van der Waals surface area contributed by atoms with Crippen molar-refractivity contribution >= 4 is 22.8 Å². The molecule has 36 heavy (non-hydrogen) atoms. The van der Waals surface area contributed by atoms with E-state index in [0.717, 1.165) is 52.7 Å². The molecule has 0 amide bonds. The number of imidazole rings is 1. The van der Waals surface area contributed by atoms with Crippen LogP contribution in [0.3, 0.4) is 0 Å². The number of ether oxygens (including phenoxy) is 3. The van der Waals surface area contributed by atoms with Gasteiger partial charge in [0.15, 0.2) is 11.5 Å². The molecular formula is C26H29N7O3. The molecule has 1 atom stereocenters. The summed E-state index contributed by atoms with van der Waals surface area (Å²) in [5.74, 6) is 2.02. The van der Waals surface area contributed by atoms with Gasteiger partial charge >= 0.3 is 0 Å². The fraction of sp³-hybridized carbons (Fsp3) is 0.346. The van der Waals surface area contributed by atoms with Crippen LogP contribution in [0, 0.1) is 0 Å². The van der Waals surface area contributed by atoms with E-state index in [1.807, 2.05) is 35.0 Å². The van der Waals surface area contributed by atoms with Crippen molar-refractivity contribution < 1.29 is 14.2 Å². The highest BCUT2D eigenvalue weighted by molar-refractivity contribution is 5.75. The summed E-state index contributed by atoms with van der Waals surface area (Å²) in [7, 11) is 1.69. The van der Waals surface area contributed by atoms with Crippen LogP contribution in [0.1, 0.15) is 25.5 Å². The lowest BCUT2D eigenvalue weighted by atomic mass is 9.89. The van der Waals surface area contributed by atoms with Crippen LogP contribution in [0.2, 0.25) is 0 Å². The van der Waals surface area contributed by atoms with Crippen LogP contribution in [0.4, 0.5) is 17.2 Å². The van der Waals surface area contributed by atoms with Crippen molar-refractivity contribution in [3.63, 3.8) is 0 Å². The molecular weight excluding hydrogens is 458 g/mol. The number of methoxy groups -OCH3 is 1. The van der Waals surface area contributed by atoms with Gasteiger partial charge in [0.25, 0.3) is 0 Å². The lowest BCUT2D eigenvalue weighted by Crippen LogP contribution is -2.48. The van der Waals surface area contributed by atoms with Crippen LogP contribution >= 0.6 is 0 Å². The first kappa shape index (κ1) is 22.6. The first-order chi connectivity index (χ1) is 17.5. The molecule has 0 saturated carbocycles. The lowest BCUT2D eigenvalue weighted by Gasteiger charge is -2.40. The fourth-order valence-corrected chi connectivity index (χ4v) is 4.82. The van der Waals surface area contributed by atoms with Gasteiger partial charge in [-0.05, 0) is 26.0 Å². The zero-order valence-electron chi connectivity index (χ0n) is 20.5. The molecule has 5 heterocycles. The van der Waals surface area contributed by atoms with E-state index in [2.05, 4.69) is 45.8 Å². The number of hydrogen-bond donors (Lipinski definition) is 3. The number of hydrogen-bond acceptors (Lipinski definition) is 9. The highest BCUT2D eigenvalue weighted by atomic mass is 16.5. The SMILES string of the molecule is COc1cc(Nc2nc(-c3cnc4c(c3)NCCO4)cn3ccnc23)ccc1C1NCCOC1(C)C. The Labute approximate surface area is 209 Å². The fourth-order valence-electron chi connectivity index (χ4n) is 4.82. The minimum atomic E-state index is -0.346. The van der Waals surface area contributed by atoms with E-state index in [4.69, 9.17) is 19.2 Å². The van der Waals surface area contributed by atoms with Gasteiger partial charge in [0, 0.05) is 60.8 Å². The van der Waals surface area contributed by atoms with Gasteiger partial charge in [0.1, 0.15) is 12.4 Å². The topological polar surface area (TPSA) is 107 Å². The van der Waals surface area contributed by atoms with Gasteiger partial charge in [-0.1, -0.05) is 6.07 Å². The summed E-state index contributed by atoms with van der Waals surface area (Å²) < 4.78 is 19.4. The van der Waals surface area contributed by atoms with Crippen molar-refractivity contribution in [1.82, 2.24) is 24.7 Å². The lowest BCUT2D eigenvalue weighted by molar-refractivity contribution is -0.0726. The van der Waals surface area contributed by atoms with Crippen molar-refractivity contribution in [3.8, 4) is 22.9 Å². The molecule has 0 bridgehead atoms. The van der Waals surface area contributed by atoms with Crippen LogP contribution in [0.5, 0.6) is 11.6 Å². The number of morpholine rings is 1. The van der Waals surface area contributed by atoms with E-state index in [0.29, 0.717) is 24.9 Å². The zero-order chi connectivity index (χ0) is 24.7. The molecule has 10 heteroatoms. The van der Waals surface area contributed by atoms with Gasteiger partial charge in [-0.15, -0.1) is 0 Å². The second-order valence-corrected chi connectivity index (χ2v) is 9.41. The summed E-state index contributed by atoms with van der Waals surface area (Å²) in [5.41, 5.74) is 4.78. The van der Waals surface area contributed by atoms with Crippen LogP contribution < -0.4 is 25.4 Å². The molecule has 2 aliphatic heterocycles. The molecule has 4 aromatic rings. The quantitative estimate of drug-likeness (QED) is 0.388. The maximum Gasteiger partial charge on any atom is 0.237 e. The van der Waals surface area contributed by atoms with E-state index in [-0.39, 0.29) is 11.6 Å². The Hall–Kier alpha value is -3.89. The molecule has 0 radical (unpaired) electrons. The summed E-state index contributed by atoms with van der Waals surface area (Å²) in [6.45, 7) is 7.03. The molecule has 3 aromatic heterocycles. The van der Waals surface area contributed by atoms with Crippen LogP contribution in [0.25, 0.3) is 16.9 Å². The van der Waals surface area contributed by atoms with Gasteiger partial charge in [-0.3, -0.25) is 0 Å². The predicted octanol–water partition coefficient (Wildman–Crippen LogP) is 3.79. The Kier molecular flexibility index (Phi) is 5.62. The predicted molar refractivity (Wildman–Crippen MR) is 137 cm³/mol. The molecule has 1 saturated heterocycles. The van der Waals surface area contributed by atoms with Crippen molar-refractivity contribution in [2.24, 2.45) is 0 Å². The Morgan fingerprint density at radius 3 is 2.94 bits per heavy atom. The van der Waals surface area contributed by atoms with Gasteiger partial charge < -0.3 is 34.6 Å². The van der Waals surface area contributed by atoms with Gasteiger partial charge in [-0.25, -0.2) is 15.0 Å². The van der Waals surface area contributed by atoms with E-state index in [1.54, 1.807) is 19.5 Å². The maximum atomic E-state index is 6.01. The molecule has 10 nitrogen and oxygen atoms in total. The molecule has 186 valence electrons. The number of nitrogens with zero attached hydrogens (tertiary/aromatic N) is 4. The maximum absolute atomic E-state index is 6.01. The minimum absolute atomic E-state index is 0.0183. The summed E-state index contributed by atoms with van der Waals surface area (Å²) >= 11 is 0. The number of anilines is 3. The number of pyridine rings is 1. The second kappa shape index (κ2) is 8.96. The molecule has 1 aromatic carbocycles. The van der Waals surface area contributed by atoms with E-state index >= 15 is 0 Å². The molecule has 6 rings (SSSR count). The molecule has 0 spiro atoms. The average Bonchev–Trinajstić information content (AvgIpc) is 3.37. The number of fused-ring (bicyclic) bond motifs is 2. The minimum Gasteiger partial charge on any atom is -0.496 e. The Morgan fingerprint density at radius 2 is 2.08 bits per heavy atom. The third kappa shape index (κ3) is 4.08.